The summed E-state index contributed by atoms with van der Waals surface area (Å²) in [5, 5.41) is 10.3. The number of nitrogens with two attached hydrogens (primary N) is 1. The summed E-state index contributed by atoms with van der Waals surface area (Å²) in [5.74, 6) is 7.52. The number of rotatable bonds is 5. The molecule has 4 nitrogen and oxygen atoms in total. The van der Waals surface area contributed by atoms with Crippen molar-refractivity contribution in [1.29, 1.82) is 0 Å². The Labute approximate surface area is 155 Å². The van der Waals surface area contributed by atoms with E-state index < -0.39 is 0 Å². The number of aromatic nitrogens is 3. The molecule has 2 aromatic carbocycles. The lowest BCUT2D eigenvalue weighted by atomic mass is 10.1. The van der Waals surface area contributed by atoms with E-state index in [1.165, 1.54) is 22.9 Å². The third-order valence-corrected chi connectivity index (χ3v) is 5.30. The first-order valence-electron chi connectivity index (χ1n) is 7.35. The van der Waals surface area contributed by atoms with Gasteiger partial charge >= 0.3 is 0 Å². The van der Waals surface area contributed by atoms with Crippen LogP contribution in [0.25, 0.3) is 0 Å². The number of aryl methyl sites for hydroxylation is 1. The van der Waals surface area contributed by atoms with Gasteiger partial charge in [-0.1, -0.05) is 65.3 Å². The van der Waals surface area contributed by atoms with Crippen LogP contribution in [0.4, 0.5) is 0 Å². The standard InChI is InChI=1S/C17H16Cl2N4S/c1-11-4-2-3-5-12(11)8-16-21-22-17(23(16)20)24-10-13-6-7-14(18)9-15(13)19/h2-7,9H,8,10,20H2,1H3. The number of hydrogen-bond donors (Lipinski definition) is 1. The Morgan fingerprint density at radius 1 is 1.08 bits per heavy atom. The normalized spacial score (nSPS) is 11.0. The molecule has 1 aromatic heterocycles. The van der Waals surface area contributed by atoms with E-state index in [4.69, 9.17) is 29.0 Å². The van der Waals surface area contributed by atoms with E-state index in [9.17, 15) is 0 Å². The topological polar surface area (TPSA) is 56.7 Å². The number of thioether (sulfide) groups is 1. The SMILES string of the molecule is Cc1ccccc1Cc1nnc(SCc2ccc(Cl)cc2Cl)n1N. The molecule has 0 aliphatic heterocycles. The third kappa shape index (κ3) is 3.86. The number of benzene rings is 2. The maximum atomic E-state index is 6.19. The van der Waals surface area contributed by atoms with Gasteiger partial charge in [-0.05, 0) is 35.7 Å². The summed E-state index contributed by atoms with van der Waals surface area (Å²) in [6.07, 6.45) is 0.651. The van der Waals surface area contributed by atoms with Gasteiger partial charge in [-0.3, -0.25) is 0 Å². The highest BCUT2D eigenvalue weighted by atomic mass is 35.5. The van der Waals surface area contributed by atoms with Crippen LogP contribution in [0, 0.1) is 6.92 Å². The third-order valence-electron chi connectivity index (χ3n) is 3.72. The largest absolute Gasteiger partial charge is 0.336 e. The lowest BCUT2D eigenvalue weighted by Crippen LogP contribution is -2.14. The fraction of sp³-hybridized carbons (Fsp3) is 0.176. The second kappa shape index (κ2) is 7.47. The van der Waals surface area contributed by atoms with Gasteiger partial charge in [0, 0.05) is 22.2 Å². The molecule has 0 aliphatic carbocycles. The first-order valence-corrected chi connectivity index (χ1v) is 9.09. The van der Waals surface area contributed by atoms with E-state index in [0.29, 0.717) is 27.4 Å². The van der Waals surface area contributed by atoms with Gasteiger partial charge < -0.3 is 5.84 Å². The molecule has 0 unspecified atom stereocenters. The molecule has 7 heteroatoms. The van der Waals surface area contributed by atoms with Gasteiger partial charge in [0.1, 0.15) is 0 Å². The minimum absolute atomic E-state index is 0.622. The fourth-order valence-electron chi connectivity index (χ4n) is 2.29. The lowest BCUT2D eigenvalue weighted by Gasteiger charge is -2.07. The van der Waals surface area contributed by atoms with Crippen LogP contribution in [0.5, 0.6) is 0 Å². The van der Waals surface area contributed by atoms with Gasteiger partial charge in [0.15, 0.2) is 5.82 Å². The van der Waals surface area contributed by atoms with Crippen LogP contribution in [-0.4, -0.2) is 14.9 Å². The molecule has 0 aliphatic rings. The Hall–Kier alpha value is -1.69. The number of hydrogen-bond acceptors (Lipinski definition) is 4. The smallest absolute Gasteiger partial charge is 0.210 e. The highest BCUT2D eigenvalue weighted by molar-refractivity contribution is 7.98. The van der Waals surface area contributed by atoms with Gasteiger partial charge in [0.25, 0.3) is 0 Å². The summed E-state index contributed by atoms with van der Waals surface area (Å²) >= 11 is 13.6. The molecule has 0 spiro atoms. The van der Waals surface area contributed by atoms with Gasteiger partial charge in [-0.25, -0.2) is 4.68 Å². The zero-order valence-electron chi connectivity index (χ0n) is 13.0. The maximum Gasteiger partial charge on any atom is 0.210 e. The van der Waals surface area contributed by atoms with E-state index in [1.807, 2.05) is 24.3 Å². The van der Waals surface area contributed by atoms with Crippen molar-refractivity contribution in [2.45, 2.75) is 24.3 Å². The summed E-state index contributed by atoms with van der Waals surface area (Å²) in [7, 11) is 0. The summed E-state index contributed by atoms with van der Waals surface area (Å²) in [5.41, 5.74) is 3.38. The average Bonchev–Trinajstić information content (AvgIpc) is 2.89. The monoisotopic (exact) mass is 378 g/mol. The minimum Gasteiger partial charge on any atom is -0.336 e. The van der Waals surface area contributed by atoms with Crippen molar-refractivity contribution in [3.63, 3.8) is 0 Å². The van der Waals surface area contributed by atoms with Crippen LogP contribution in [0.3, 0.4) is 0 Å². The summed E-state index contributed by atoms with van der Waals surface area (Å²) in [6.45, 7) is 2.07. The Bertz CT molecular complexity index is 864. The van der Waals surface area contributed by atoms with Crippen LogP contribution in [0.15, 0.2) is 47.6 Å². The molecule has 0 amide bonds. The zero-order valence-corrected chi connectivity index (χ0v) is 15.4. The van der Waals surface area contributed by atoms with Crippen molar-refractivity contribution in [2.24, 2.45) is 0 Å². The molecular weight excluding hydrogens is 363 g/mol. The first kappa shape index (κ1) is 17.1. The Balaban J connectivity index is 1.72. The second-order valence-corrected chi connectivity index (χ2v) is 7.18. The minimum atomic E-state index is 0.622. The van der Waals surface area contributed by atoms with Crippen molar-refractivity contribution < 1.29 is 0 Å². The van der Waals surface area contributed by atoms with Crippen LogP contribution in [0.1, 0.15) is 22.5 Å². The highest BCUT2D eigenvalue weighted by Crippen LogP contribution is 2.27. The molecule has 124 valence electrons. The molecule has 0 bridgehead atoms. The second-order valence-electron chi connectivity index (χ2n) is 5.40. The van der Waals surface area contributed by atoms with Crippen molar-refractivity contribution >= 4 is 35.0 Å². The van der Waals surface area contributed by atoms with Crippen molar-refractivity contribution in [3.05, 3.63) is 75.0 Å². The van der Waals surface area contributed by atoms with Crippen LogP contribution in [-0.2, 0) is 12.2 Å². The van der Waals surface area contributed by atoms with Crippen molar-refractivity contribution in [1.82, 2.24) is 14.9 Å². The van der Waals surface area contributed by atoms with E-state index in [1.54, 1.807) is 10.7 Å². The van der Waals surface area contributed by atoms with Gasteiger partial charge in [0.2, 0.25) is 5.16 Å². The first-order chi connectivity index (χ1) is 11.5. The van der Waals surface area contributed by atoms with E-state index >= 15 is 0 Å². The summed E-state index contributed by atoms with van der Waals surface area (Å²) in [6, 6.07) is 13.6. The molecule has 3 rings (SSSR count). The molecule has 0 fully saturated rings. The predicted molar refractivity (Wildman–Crippen MR) is 100 cm³/mol. The van der Waals surface area contributed by atoms with Crippen LogP contribution in [0.2, 0.25) is 10.0 Å². The lowest BCUT2D eigenvalue weighted by molar-refractivity contribution is 0.804. The van der Waals surface area contributed by atoms with E-state index in [2.05, 4.69) is 29.3 Å². The van der Waals surface area contributed by atoms with Gasteiger partial charge in [-0.15, -0.1) is 10.2 Å². The number of halogens is 2. The highest BCUT2D eigenvalue weighted by Gasteiger charge is 2.12. The summed E-state index contributed by atoms with van der Waals surface area (Å²) < 4.78 is 1.54. The molecule has 24 heavy (non-hydrogen) atoms. The molecular formula is C17H16Cl2N4S. The number of nitrogens with zero attached hydrogens (tertiary/aromatic N) is 3. The number of nitrogen functional groups attached to an aromatic ring is 1. The van der Waals surface area contributed by atoms with Crippen molar-refractivity contribution in [3.8, 4) is 0 Å². The summed E-state index contributed by atoms with van der Waals surface area (Å²) in [4.78, 5) is 0. The predicted octanol–water partition coefficient (Wildman–Crippen LogP) is 4.49. The molecule has 3 aromatic rings. The Kier molecular flexibility index (Phi) is 5.33. The average molecular weight is 379 g/mol. The van der Waals surface area contributed by atoms with Gasteiger partial charge in [-0.2, -0.15) is 0 Å². The molecule has 1 heterocycles. The zero-order chi connectivity index (χ0) is 17.1. The van der Waals surface area contributed by atoms with Gasteiger partial charge in [0.05, 0.1) is 0 Å². The Morgan fingerprint density at radius 2 is 1.88 bits per heavy atom. The van der Waals surface area contributed by atoms with E-state index in [0.717, 1.165) is 11.4 Å². The van der Waals surface area contributed by atoms with Crippen LogP contribution >= 0.6 is 35.0 Å². The maximum absolute atomic E-state index is 6.19. The Morgan fingerprint density at radius 3 is 2.62 bits per heavy atom. The molecule has 0 atom stereocenters. The molecule has 0 radical (unpaired) electrons. The quantitative estimate of drug-likeness (QED) is 0.524. The van der Waals surface area contributed by atoms with E-state index in [-0.39, 0.29) is 0 Å². The molecule has 2 N–H and O–H groups in total. The molecule has 0 saturated heterocycles. The fourth-order valence-corrected chi connectivity index (χ4v) is 3.72. The van der Waals surface area contributed by atoms with Crippen molar-refractivity contribution in [2.75, 3.05) is 5.84 Å². The van der Waals surface area contributed by atoms with Crippen LogP contribution < -0.4 is 5.84 Å². The molecule has 0 saturated carbocycles.